The standard InChI is InChI=1S/C12H14O/c1-8(2)9-4-3-5-11-10(9)6-7-12(11)13/h3-5,8H,6-7H2,1-2H3. The van der Waals surface area contributed by atoms with Crippen LogP contribution in [0.5, 0.6) is 0 Å². The maximum atomic E-state index is 11.4. The van der Waals surface area contributed by atoms with Crippen LogP contribution in [0.3, 0.4) is 0 Å². The normalized spacial score (nSPS) is 15.2. The van der Waals surface area contributed by atoms with Crippen LogP contribution in [0.15, 0.2) is 18.2 Å². The van der Waals surface area contributed by atoms with Crippen molar-refractivity contribution in [1.82, 2.24) is 0 Å². The van der Waals surface area contributed by atoms with E-state index in [2.05, 4.69) is 19.9 Å². The predicted octanol–water partition coefficient (Wildman–Crippen LogP) is 2.94. The Morgan fingerprint density at radius 3 is 2.69 bits per heavy atom. The van der Waals surface area contributed by atoms with Crippen LogP contribution >= 0.6 is 0 Å². The summed E-state index contributed by atoms with van der Waals surface area (Å²) in [7, 11) is 0. The third kappa shape index (κ3) is 1.28. The maximum absolute atomic E-state index is 11.4. The van der Waals surface area contributed by atoms with E-state index < -0.39 is 0 Å². The number of carbonyl (C=O) groups excluding carboxylic acids is 1. The molecule has 0 saturated heterocycles. The fourth-order valence-corrected chi connectivity index (χ4v) is 2.06. The smallest absolute Gasteiger partial charge is 0.163 e. The summed E-state index contributed by atoms with van der Waals surface area (Å²) >= 11 is 0. The zero-order chi connectivity index (χ0) is 9.42. The van der Waals surface area contributed by atoms with Gasteiger partial charge in [0.2, 0.25) is 0 Å². The first-order valence-electron chi connectivity index (χ1n) is 4.85. The number of benzene rings is 1. The monoisotopic (exact) mass is 174 g/mol. The van der Waals surface area contributed by atoms with Gasteiger partial charge in [0.1, 0.15) is 0 Å². The van der Waals surface area contributed by atoms with Gasteiger partial charge in [-0.25, -0.2) is 0 Å². The van der Waals surface area contributed by atoms with Gasteiger partial charge in [-0.2, -0.15) is 0 Å². The second kappa shape index (κ2) is 2.99. The highest BCUT2D eigenvalue weighted by atomic mass is 16.1. The highest BCUT2D eigenvalue weighted by Gasteiger charge is 2.22. The van der Waals surface area contributed by atoms with E-state index in [1.54, 1.807) is 0 Å². The minimum absolute atomic E-state index is 0.317. The van der Waals surface area contributed by atoms with Crippen LogP contribution in [0, 0.1) is 0 Å². The fraction of sp³-hybridized carbons (Fsp3) is 0.417. The van der Waals surface area contributed by atoms with Crippen molar-refractivity contribution in [2.24, 2.45) is 0 Å². The van der Waals surface area contributed by atoms with Crippen LogP contribution in [-0.4, -0.2) is 5.78 Å². The number of Topliss-reactive ketones (excluding diaryl/α,β-unsaturated/α-hetero) is 1. The van der Waals surface area contributed by atoms with Gasteiger partial charge in [0, 0.05) is 12.0 Å². The van der Waals surface area contributed by atoms with Crippen LogP contribution in [0.25, 0.3) is 0 Å². The van der Waals surface area contributed by atoms with Gasteiger partial charge in [0.25, 0.3) is 0 Å². The molecule has 1 heteroatoms. The molecule has 1 aromatic rings. The first-order chi connectivity index (χ1) is 6.20. The molecule has 68 valence electrons. The second-order valence-corrected chi connectivity index (χ2v) is 3.95. The van der Waals surface area contributed by atoms with Crippen LogP contribution in [-0.2, 0) is 6.42 Å². The molecule has 1 aromatic carbocycles. The van der Waals surface area contributed by atoms with Crippen LogP contribution in [0.1, 0.15) is 47.7 Å². The van der Waals surface area contributed by atoms with Gasteiger partial charge in [0.05, 0.1) is 0 Å². The SMILES string of the molecule is CC(C)c1cccc2c1CCC2=O. The van der Waals surface area contributed by atoms with Crippen molar-refractivity contribution >= 4 is 5.78 Å². The van der Waals surface area contributed by atoms with E-state index in [1.165, 1.54) is 11.1 Å². The largest absolute Gasteiger partial charge is 0.294 e. The van der Waals surface area contributed by atoms with Crippen molar-refractivity contribution in [1.29, 1.82) is 0 Å². The topological polar surface area (TPSA) is 17.1 Å². The van der Waals surface area contributed by atoms with Crippen molar-refractivity contribution in [2.75, 3.05) is 0 Å². The summed E-state index contributed by atoms with van der Waals surface area (Å²) in [5, 5.41) is 0. The zero-order valence-corrected chi connectivity index (χ0v) is 8.13. The fourth-order valence-electron chi connectivity index (χ4n) is 2.06. The summed E-state index contributed by atoms with van der Waals surface area (Å²) in [5.41, 5.74) is 3.61. The van der Waals surface area contributed by atoms with Gasteiger partial charge >= 0.3 is 0 Å². The van der Waals surface area contributed by atoms with Crippen molar-refractivity contribution < 1.29 is 4.79 Å². The van der Waals surface area contributed by atoms with Gasteiger partial charge in [-0.3, -0.25) is 4.79 Å². The molecular formula is C12H14O. The van der Waals surface area contributed by atoms with Gasteiger partial charge in [0.15, 0.2) is 5.78 Å². The summed E-state index contributed by atoms with van der Waals surface area (Å²) in [5.74, 6) is 0.846. The molecule has 0 saturated carbocycles. The lowest BCUT2D eigenvalue weighted by atomic mass is 9.95. The summed E-state index contributed by atoms with van der Waals surface area (Å²) in [6.07, 6.45) is 1.65. The summed E-state index contributed by atoms with van der Waals surface area (Å²) in [6.45, 7) is 4.36. The number of hydrogen-bond donors (Lipinski definition) is 0. The first kappa shape index (κ1) is 8.49. The van der Waals surface area contributed by atoms with E-state index in [1.807, 2.05) is 12.1 Å². The highest BCUT2D eigenvalue weighted by Crippen LogP contribution is 2.29. The van der Waals surface area contributed by atoms with E-state index >= 15 is 0 Å². The molecule has 0 heterocycles. The molecule has 0 bridgehead atoms. The molecular weight excluding hydrogens is 160 g/mol. The number of carbonyl (C=O) groups is 1. The Labute approximate surface area is 78.8 Å². The van der Waals surface area contributed by atoms with Gasteiger partial charge < -0.3 is 0 Å². The van der Waals surface area contributed by atoms with E-state index in [-0.39, 0.29) is 0 Å². The Bertz CT molecular complexity index is 350. The van der Waals surface area contributed by atoms with Crippen LogP contribution in [0.2, 0.25) is 0 Å². The molecule has 2 rings (SSSR count). The minimum Gasteiger partial charge on any atom is -0.294 e. The van der Waals surface area contributed by atoms with Crippen LogP contribution in [0.4, 0.5) is 0 Å². The Morgan fingerprint density at radius 1 is 1.23 bits per heavy atom. The van der Waals surface area contributed by atoms with Gasteiger partial charge in [-0.1, -0.05) is 32.0 Å². The molecule has 0 aromatic heterocycles. The van der Waals surface area contributed by atoms with Crippen LogP contribution < -0.4 is 0 Å². The maximum Gasteiger partial charge on any atom is 0.163 e. The summed E-state index contributed by atoms with van der Waals surface area (Å²) in [4.78, 5) is 11.4. The molecule has 0 spiro atoms. The van der Waals surface area contributed by atoms with Gasteiger partial charge in [-0.15, -0.1) is 0 Å². The number of rotatable bonds is 1. The molecule has 0 radical (unpaired) electrons. The Morgan fingerprint density at radius 2 is 2.00 bits per heavy atom. The first-order valence-corrected chi connectivity index (χ1v) is 4.85. The zero-order valence-electron chi connectivity index (χ0n) is 8.13. The lowest BCUT2D eigenvalue weighted by molar-refractivity contribution is 0.0994. The molecule has 0 aliphatic heterocycles. The van der Waals surface area contributed by atoms with E-state index in [0.717, 1.165) is 12.0 Å². The molecule has 0 unspecified atom stereocenters. The van der Waals surface area contributed by atoms with Crippen molar-refractivity contribution in [3.05, 3.63) is 34.9 Å². The highest BCUT2D eigenvalue weighted by molar-refractivity contribution is 6.00. The summed E-state index contributed by atoms with van der Waals surface area (Å²) < 4.78 is 0. The van der Waals surface area contributed by atoms with E-state index in [4.69, 9.17) is 0 Å². The molecule has 1 nitrogen and oxygen atoms in total. The second-order valence-electron chi connectivity index (χ2n) is 3.95. The Balaban J connectivity index is 2.57. The Kier molecular flexibility index (Phi) is 1.95. The van der Waals surface area contributed by atoms with E-state index in [0.29, 0.717) is 18.1 Å². The van der Waals surface area contributed by atoms with Crippen molar-refractivity contribution in [3.8, 4) is 0 Å². The number of ketones is 1. The molecule has 0 N–H and O–H groups in total. The molecule has 1 aliphatic carbocycles. The predicted molar refractivity (Wildman–Crippen MR) is 53.2 cm³/mol. The number of fused-ring (bicyclic) bond motifs is 1. The lowest BCUT2D eigenvalue weighted by Gasteiger charge is -2.10. The average molecular weight is 174 g/mol. The summed E-state index contributed by atoms with van der Waals surface area (Å²) in [6, 6.07) is 6.09. The molecule has 0 atom stereocenters. The minimum atomic E-state index is 0.317. The quantitative estimate of drug-likeness (QED) is 0.639. The van der Waals surface area contributed by atoms with Crippen molar-refractivity contribution in [2.45, 2.75) is 32.6 Å². The lowest BCUT2D eigenvalue weighted by Crippen LogP contribution is -1.96. The average Bonchev–Trinajstić information content (AvgIpc) is 2.48. The van der Waals surface area contributed by atoms with Gasteiger partial charge in [-0.05, 0) is 23.5 Å². The Hall–Kier alpha value is -1.11. The molecule has 1 aliphatic rings. The molecule has 0 fully saturated rings. The molecule has 13 heavy (non-hydrogen) atoms. The van der Waals surface area contributed by atoms with E-state index in [9.17, 15) is 4.79 Å². The third-order valence-electron chi connectivity index (χ3n) is 2.74. The van der Waals surface area contributed by atoms with Crippen molar-refractivity contribution in [3.63, 3.8) is 0 Å². The third-order valence-corrected chi connectivity index (χ3v) is 2.74. The molecule has 0 amide bonds. The number of hydrogen-bond acceptors (Lipinski definition) is 1.